The van der Waals surface area contributed by atoms with E-state index in [4.69, 9.17) is 9.84 Å². The third kappa shape index (κ3) is 5.40. The molecule has 0 aliphatic rings. The molecule has 1 atom stereocenters. The van der Waals surface area contributed by atoms with Crippen LogP contribution in [0.2, 0.25) is 0 Å². The molecule has 0 bridgehead atoms. The number of amides is 1. The molecule has 2 N–H and O–H groups in total. The number of carboxylic acid groups (broad SMARTS) is 1. The number of carbonyl (C=O) groups excluding carboxylic acids is 1. The highest BCUT2D eigenvalue weighted by Gasteiger charge is 2.19. The van der Waals surface area contributed by atoms with Crippen LogP contribution >= 0.6 is 0 Å². The zero-order chi connectivity index (χ0) is 15.1. The quantitative estimate of drug-likeness (QED) is 0.792. The molecule has 5 heteroatoms. The lowest BCUT2D eigenvalue weighted by atomic mass is 10.0. The first-order chi connectivity index (χ1) is 9.42. The van der Waals surface area contributed by atoms with Gasteiger partial charge in [-0.15, -0.1) is 0 Å². The fourth-order valence-corrected chi connectivity index (χ4v) is 2.08. The lowest BCUT2D eigenvalue weighted by Crippen LogP contribution is -2.43. The summed E-state index contributed by atoms with van der Waals surface area (Å²) in [5.41, 5.74) is 3.39. The van der Waals surface area contributed by atoms with Crippen LogP contribution in [0.25, 0.3) is 0 Å². The number of nitrogens with one attached hydrogen (secondary N) is 1. The van der Waals surface area contributed by atoms with Crippen LogP contribution in [0.1, 0.15) is 23.1 Å². The maximum Gasteiger partial charge on any atom is 0.328 e. The van der Waals surface area contributed by atoms with Crippen molar-refractivity contribution in [1.82, 2.24) is 5.32 Å². The summed E-state index contributed by atoms with van der Waals surface area (Å²) in [6.45, 7) is 3.98. The van der Waals surface area contributed by atoms with Crippen molar-refractivity contribution < 1.29 is 19.4 Å². The van der Waals surface area contributed by atoms with E-state index in [0.717, 1.165) is 16.7 Å². The monoisotopic (exact) mass is 279 g/mol. The minimum absolute atomic E-state index is 0.0371. The molecule has 1 aromatic rings. The first-order valence-corrected chi connectivity index (χ1v) is 6.50. The predicted molar refractivity (Wildman–Crippen MR) is 75.7 cm³/mol. The summed E-state index contributed by atoms with van der Waals surface area (Å²) in [5.74, 6) is -1.37. The molecule has 5 nitrogen and oxygen atoms in total. The first kappa shape index (κ1) is 16.2. The third-order valence-electron chi connectivity index (χ3n) is 2.89. The maximum absolute atomic E-state index is 11.7. The van der Waals surface area contributed by atoms with Gasteiger partial charge in [-0.1, -0.05) is 29.3 Å². The molecule has 1 rings (SSSR count). The van der Waals surface area contributed by atoms with Gasteiger partial charge in [-0.2, -0.15) is 0 Å². The molecule has 0 heterocycles. The van der Waals surface area contributed by atoms with Crippen LogP contribution in [0.15, 0.2) is 18.2 Å². The van der Waals surface area contributed by atoms with E-state index in [-0.39, 0.29) is 18.9 Å². The Hall–Kier alpha value is -1.88. The van der Waals surface area contributed by atoms with Crippen molar-refractivity contribution in [3.8, 4) is 0 Å². The largest absolute Gasteiger partial charge is 0.480 e. The fraction of sp³-hybridized carbons (Fsp3) is 0.467. The molecular weight excluding hydrogens is 258 g/mol. The van der Waals surface area contributed by atoms with E-state index in [1.807, 2.05) is 26.0 Å². The molecule has 20 heavy (non-hydrogen) atoms. The second-order valence-electron chi connectivity index (χ2n) is 4.91. The highest BCUT2D eigenvalue weighted by atomic mass is 16.5. The van der Waals surface area contributed by atoms with Gasteiger partial charge in [0, 0.05) is 13.5 Å². The van der Waals surface area contributed by atoms with E-state index in [1.165, 1.54) is 7.11 Å². The summed E-state index contributed by atoms with van der Waals surface area (Å²) in [6, 6.07) is 5.14. The molecule has 1 aromatic carbocycles. The number of hydrogen-bond donors (Lipinski definition) is 2. The van der Waals surface area contributed by atoms with E-state index in [9.17, 15) is 9.59 Å². The zero-order valence-electron chi connectivity index (χ0n) is 12.1. The van der Waals surface area contributed by atoms with E-state index >= 15 is 0 Å². The van der Waals surface area contributed by atoms with E-state index in [2.05, 4.69) is 11.4 Å². The van der Waals surface area contributed by atoms with Crippen LogP contribution < -0.4 is 5.32 Å². The number of aliphatic carboxylic acids is 1. The molecule has 0 saturated heterocycles. The molecule has 0 aliphatic heterocycles. The normalized spacial score (nSPS) is 11.9. The maximum atomic E-state index is 11.7. The Morgan fingerprint density at radius 1 is 1.25 bits per heavy atom. The molecule has 0 aromatic heterocycles. The minimum Gasteiger partial charge on any atom is -0.480 e. The Kier molecular flexibility index (Phi) is 6.18. The van der Waals surface area contributed by atoms with E-state index < -0.39 is 12.0 Å². The van der Waals surface area contributed by atoms with E-state index in [0.29, 0.717) is 6.42 Å². The molecule has 110 valence electrons. The molecular formula is C15H21NO4. The summed E-state index contributed by atoms with van der Waals surface area (Å²) in [6.07, 6.45) is 0.851. The molecule has 0 spiro atoms. The summed E-state index contributed by atoms with van der Waals surface area (Å²) in [5, 5.41) is 11.4. The summed E-state index contributed by atoms with van der Waals surface area (Å²) in [7, 11) is 1.40. The molecule has 1 amide bonds. The van der Waals surface area contributed by atoms with Gasteiger partial charge in [0.15, 0.2) is 6.04 Å². The molecule has 0 radical (unpaired) electrons. The lowest BCUT2D eigenvalue weighted by molar-refractivity contribution is -0.143. The third-order valence-corrected chi connectivity index (χ3v) is 2.89. The van der Waals surface area contributed by atoms with Gasteiger partial charge in [-0.25, -0.2) is 4.79 Å². The minimum atomic E-state index is -1.09. The molecule has 0 saturated carbocycles. The number of methoxy groups -OCH3 is 1. The van der Waals surface area contributed by atoms with Crippen molar-refractivity contribution in [2.45, 2.75) is 32.7 Å². The molecule has 1 unspecified atom stereocenters. The van der Waals surface area contributed by atoms with Crippen molar-refractivity contribution in [2.24, 2.45) is 0 Å². The number of carboxylic acids is 1. The average molecular weight is 279 g/mol. The smallest absolute Gasteiger partial charge is 0.328 e. The van der Waals surface area contributed by atoms with Gasteiger partial charge in [-0.05, 0) is 25.8 Å². The van der Waals surface area contributed by atoms with Crippen LogP contribution in [0.3, 0.4) is 0 Å². The van der Waals surface area contributed by atoms with Gasteiger partial charge in [0.25, 0.3) is 0 Å². The van der Waals surface area contributed by atoms with Crippen molar-refractivity contribution in [3.63, 3.8) is 0 Å². The van der Waals surface area contributed by atoms with Gasteiger partial charge in [0.1, 0.15) is 0 Å². The number of benzene rings is 1. The lowest BCUT2D eigenvalue weighted by Gasteiger charge is -2.13. The number of hydrogen-bond acceptors (Lipinski definition) is 3. The van der Waals surface area contributed by atoms with Crippen LogP contribution in [-0.2, 0) is 20.7 Å². The Labute approximate surface area is 118 Å². The van der Waals surface area contributed by atoms with Gasteiger partial charge in [-0.3, -0.25) is 4.79 Å². The Bertz CT molecular complexity index is 465. The number of rotatable bonds is 7. The van der Waals surface area contributed by atoms with Crippen molar-refractivity contribution >= 4 is 11.9 Å². The SMILES string of the molecule is COCC(NC(=O)CCc1cc(C)cc(C)c1)C(=O)O. The predicted octanol–water partition coefficient (Wildman–Crippen LogP) is 1.45. The Morgan fingerprint density at radius 2 is 1.85 bits per heavy atom. The second-order valence-corrected chi connectivity index (χ2v) is 4.91. The fourth-order valence-electron chi connectivity index (χ4n) is 2.08. The summed E-state index contributed by atoms with van der Waals surface area (Å²) < 4.78 is 4.76. The van der Waals surface area contributed by atoms with Gasteiger partial charge >= 0.3 is 5.97 Å². The molecule has 0 fully saturated rings. The highest BCUT2D eigenvalue weighted by molar-refractivity contribution is 5.83. The summed E-state index contributed by atoms with van der Waals surface area (Å²) in [4.78, 5) is 22.6. The van der Waals surface area contributed by atoms with Gasteiger partial charge in [0.05, 0.1) is 6.61 Å². The van der Waals surface area contributed by atoms with Crippen molar-refractivity contribution in [2.75, 3.05) is 13.7 Å². The molecule has 0 aliphatic carbocycles. The Balaban J connectivity index is 2.52. The van der Waals surface area contributed by atoms with Crippen LogP contribution in [-0.4, -0.2) is 36.7 Å². The van der Waals surface area contributed by atoms with Gasteiger partial charge in [0.2, 0.25) is 5.91 Å². The number of ether oxygens (including phenoxy) is 1. The highest BCUT2D eigenvalue weighted by Crippen LogP contribution is 2.10. The number of carbonyl (C=O) groups is 2. The van der Waals surface area contributed by atoms with Crippen molar-refractivity contribution in [3.05, 3.63) is 34.9 Å². The average Bonchev–Trinajstić information content (AvgIpc) is 2.34. The number of aryl methyl sites for hydroxylation is 3. The van der Waals surface area contributed by atoms with E-state index in [1.54, 1.807) is 0 Å². The Morgan fingerprint density at radius 3 is 2.35 bits per heavy atom. The van der Waals surface area contributed by atoms with Crippen LogP contribution in [0, 0.1) is 13.8 Å². The van der Waals surface area contributed by atoms with Crippen LogP contribution in [0.4, 0.5) is 0 Å². The van der Waals surface area contributed by atoms with Gasteiger partial charge < -0.3 is 15.2 Å². The zero-order valence-corrected chi connectivity index (χ0v) is 12.1. The first-order valence-electron chi connectivity index (χ1n) is 6.50. The summed E-state index contributed by atoms with van der Waals surface area (Å²) >= 11 is 0. The standard InChI is InChI=1S/C15H21NO4/c1-10-6-11(2)8-12(7-10)4-5-14(17)16-13(9-20-3)15(18)19/h6-8,13H,4-5,9H2,1-3H3,(H,16,17)(H,18,19). The second kappa shape index (κ2) is 7.65. The topological polar surface area (TPSA) is 75.6 Å². The van der Waals surface area contributed by atoms with Crippen molar-refractivity contribution in [1.29, 1.82) is 0 Å². The van der Waals surface area contributed by atoms with Crippen LogP contribution in [0.5, 0.6) is 0 Å².